The van der Waals surface area contributed by atoms with Crippen LogP contribution in [0.4, 0.5) is 0 Å². The molecule has 4 rings (SSSR count). The minimum absolute atomic E-state index is 0. The molecule has 0 bridgehead atoms. The summed E-state index contributed by atoms with van der Waals surface area (Å²) < 4.78 is 4.11. The van der Waals surface area contributed by atoms with E-state index < -0.39 is 21.3 Å². The summed E-state index contributed by atoms with van der Waals surface area (Å²) in [5.41, 5.74) is 8.89. The normalized spacial score (nSPS) is 13.7. The average molecular weight is 463 g/mol. The summed E-state index contributed by atoms with van der Waals surface area (Å²) in [6, 6.07) is 14.2. The molecule has 0 saturated carbocycles. The first-order valence-electron chi connectivity index (χ1n) is 8.81. The summed E-state index contributed by atoms with van der Waals surface area (Å²) in [6.07, 6.45) is 8.19. The first-order chi connectivity index (χ1) is 11.6. The number of benzene rings is 2. The molecule has 134 valence electrons. The molecule has 2 aliphatic rings. The Morgan fingerprint density at radius 3 is 1.85 bits per heavy atom. The Morgan fingerprint density at radius 1 is 0.885 bits per heavy atom. The number of hydrogen-bond donors (Lipinski definition) is 0. The second kappa shape index (κ2) is 8.51. The summed E-state index contributed by atoms with van der Waals surface area (Å²) in [7, 11) is 0. The molecular formula is C23H24Cl2Zr. The van der Waals surface area contributed by atoms with Crippen LogP contribution in [-0.2, 0) is 21.3 Å². The van der Waals surface area contributed by atoms with Gasteiger partial charge in [0.25, 0.3) is 0 Å². The van der Waals surface area contributed by atoms with Crippen LogP contribution in [0.15, 0.2) is 57.9 Å². The van der Waals surface area contributed by atoms with E-state index in [4.69, 9.17) is 0 Å². The Bertz CT molecular complexity index is 880. The average Bonchev–Trinajstić information content (AvgIpc) is 3.15. The van der Waals surface area contributed by atoms with Gasteiger partial charge in [-0.15, -0.1) is 0 Å². The summed E-state index contributed by atoms with van der Waals surface area (Å²) in [4.78, 5) is 0. The predicted molar refractivity (Wildman–Crippen MR) is 101 cm³/mol. The van der Waals surface area contributed by atoms with Gasteiger partial charge >= 0.3 is 154 Å². The molecule has 26 heavy (non-hydrogen) atoms. The molecule has 0 nitrogen and oxygen atoms in total. The molecule has 0 saturated heterocycles. The third kappa shape index (κ3) is 3.64. The molecule has 0 atom stereocenters. The van der Waals surface area contributed by atoms with Gasteiger partial charge in [-0.2, -0.15) is 0 Å². The quantitative estimate of drug-likeness (QED) is 0.592. The summed E-state index contributed by atoms with van der Waals surface area (Å²) in [6.45, 7) is 9.19. The predicted octanol–water partition coefficient (Wildman–Crippen LogP) is 0.0554. The van der Waals surface area contributed by atoms with Crippen molar-refractivity contribution >= 4 is 3.21 Å². The van der Waals surface area contributed by atoms with E-state index in [2.05, 4.69) is 82.3 Å². The Hall–Kier alpha value is -0.747. The largest absolute Gasteiger partial charge is 1.00 e. The number of hydrogen-bond acceptors (Lipinski definition) is 0. The summed E-state index contributed by atoms with van der Waals surface area (Å²) in [5.74, 6) is 0. The third-order valence-corrected chi connectivity index (χ3v) is 13.5. The third-order valence-electron chi connectivity index (χ3n) is 5.27. The molecular weight excluding hydrogens is 438 g/mol. The maximum Gasteiger partial charge on any atom is -1.00 e. The van der Waals surface area contributed by atoms with Crippen molar-refractivity contribution in [3.8, 4) is 11.1 Å². The van der Waals surface area contributed by atoms with E-state index >= 15 is 0 Å². The summed E-state index contributed by atoms with van der Waals surface area (Å²) >= 11 is -1.91. The maximum atomic E-state index is 2.42. The van der Waals surface area contributed by atoms with Gasteiger partial charge in [-0.1, -0.05) is 0 Å². The Balaban J connectivity index is 0.00000121. The number of fused-ring (bicyclic) bond motifs is 3. The fraction of sp³-hybridized carbons (Fsp3) is 0.261. The molecule has 0 amide bonds. The molecule has 0 fully saturated rings. The maximum absolute atomic E-state index is 2.42. The van der Waals surface area contributed by atoms with E-state index in [9.17, 15) is 0 Å². The van der Waals surface area contributed by atoms with Crippen molar-refractivity contribution in [3.63, 3.8) is 0 Å². The molecule has 0 aliphatic heterocycles. The first kappa shape index (κ1) is 21.6. The molecule has 0 N–H and O–H groups in total. The molecule has 2 aliphatic carbocycles. The van der Waals surface area contributed by atoms with Gasteiger partial charge in [0.05, 0.1) is 0 Å². The van der Waals surface area contributed by atoms with Gasteiger partial charge in [0.2, 0.25) is 0 Å². The van der Waals surface area contributed by atoms with Gasteiger partial charge in [-0.3, -0.25) is 0 Å². The van der Waals surface area contributed by atoms with Crippen LogP contribution >= 0.6 is 0 Å². The monoisotopic (exact) mass is 460 g/mol. The fourth-order valence-corrected chi connectivity index (χ4v) is 12.4. The van der Waals surface area contributed by atoms with Gasteiger partial charge in [0.15, 0.2) is 0 Å². The molecule has 0 radical (unpaired) electrons. The van der Waals surface area contributed by atoms with E-state index in [-0.39, 0.29) is 24.8 Å². The van der Waals surface area contributed by atoms with Crippen molar-refractivity contribution in [1.29, 1.82) is 0 Å². The fourth-order valence-electron chi connectivity index (χ4n) is 4.23. The number of halogens is 2. The van der Waals surface area contributed by atoms with Crippen LogP contribution in [0.1, 0.15) is 46.1 Å². The topological polar surface area (TPSA) is 0 Å². The zero-order valence-electron chi connectivity index (χ0n) is 15.7. The molecule has 0 heterocycles. The molecule has 0 unspecified atom stereocenters. The zero-order chi connectivity index (χ0) is 16.8. The molecule has 3 heteroatoms. The second-order valence-electron chi connectivity index (χ2n) is 7.35. The molecule has 0 aromatic heterocycles. The smallest absolute Gasteiger partial charge is 1.00 e. The molecule has 2 aromatic rings. The van der Waals surface area contributed by atoms with Crippen molar-refractivity contribution in [2.24, 2.45) is 0 Å². The minimum atomic E-state index is -1.91. The Labute approximate surface area is 177 Å². The standard InChI is InChI=1S/C15H13.C5H5.C3H6.2ClH.Zr/c1-10-3-5-12-9-13-6-4-11(2)8-15(13)14(12)7-10;1-2-4-5-3-1;1-3-2;;;/h3-9H,1-2H3;1-3H,4H2;1-2H3;2*1H;/q;;;;;+2/p-2. The SMILES string of the molecule is C[C](C)=[Zr+2]([C]1=CC=CC1)[CH]1c2ccc(C)cc2-c2cc(C)ccc21.[Cl-].[Cl-]. The van der Waals surface area contributed by atoms with E-state index in [0.29, 0.717) is 3.63 Å². The first-order valence-corrected chi connectivity index (χ1v) is 12.7. The van der Waals surface area contributed by atoms with Gasteiger partial charge < -0.3 is 24.8 Å². The van der Waals surface area contributed by atoms with E-state index in [1.807, 2.05) is 0 Å². The van der Waals surface area contributed by atoms with Crippen LogP contribution in [0.3, 0.4) is 0 Å². The van der Waals surface area contributed by atoms with Crippen molar-refractivity contribution in [1.82, 2.24) is 0 Å². The number of rotatable bonds is 2. The van der Waals surface area contributed by atoms with Crippen molar-refractivity contribution in [2.45, 2.75) is 37.7 Å². The van der Waals surface area contributed by atoms with Crippen molar-refractivity contribution in [2.75, 3.05) is 0 Å². The van der Waals surface area contributed by atoms with Crippen LogP contribution in [0, 0.1) is 13.8 Å². The molecule has 0 spiro atoms. The van der Waals surface area contributed by atoms with Gasteiger partial charge in [0, 0.05) is 0 Å². The minimum Gasteiger partial charge on any atom is -1.00 e. The van der Waals surface area contributed by atoms with Gasteiger partial charge in [-0.25, -0.2) is 0 Å². The van der Waals surface area contributed by atoms with E-state index in [0.717, 1.165) is 0 Å². The van der Waals surface area contributed by atoms with Gasteiger partial charge in [0.1, 0.15) is 0 Å². The zero-order valence-corrected chi connectivity index (χ0v) is 19.7. The number of aryl methyl sites for hydroxylation is 2. The molecule has 2 aromatic carbocycles. The Morgan fingerprint density at radius 2 is 1.42 bits per heavy atom. The van der Waals surface area contributed by atoms with Gasteiger partial charge in [-0.05, 0) is 0 Å². The van der Waals surface area contributed by atoms with Crippen LogP contribution in [0.5, 0.6) is 0 Å². The number of allylic oxidation sites excluding steroid dienone is 4. The summed E-state index contributed by atoms with van der Waals surface area (Å²) in [5, 5.41) is 0. The Kier molecular flexibility index (Phi) is 7.05. The van der Waals surface area contributed by atoms with Crippen LogP contribution in [0.25, 0.3) is 11.1 Å². The van der Waals surface area contributed by atoms with Crippen LogP contribution in [0.2, 0.25) is 0 Å². The second-order valence-corrected chi connectivity index (χ2v) is 14.8. The van der Waals surface area contributed by atoms with Crippen LogP contribution in [-0.4, -0.2) is 3.21 Å². The van der Waals surface area contributed by atoms with Crippen molar-refractivity contribution < 1.29 is 46.1 Å². The van der Waals surface area contributed by atoms with E-state index in [1.54, 1.807) is 17.6 Å². The van der Waals surface area contributed by atoms with Crippen LogP contribution < -0.4 is 24.8 Å². The van der Waals surface area contributed by atoms with Crippen molar-refractivity contribution in [3.05, 3.63) is 80.2 Å². The van der Waals surface area contributed by atoms with E-state index in [1.165, 1.54) is 28.7 Å².